The van der Waals surface area contributed by atoms with Crippen LogP contribution in [0.5, 0.6) is 0 Å². The summed E-state index contributed by atoms with van der Waals surface area (Å²) in [5, 5.41) is 11.5. The highest BCUT2D eigenvalue weighted by Crippen LogP contribution is 2.39. The van der Waals surface area contributed by atoms with E-state index in [1.807, 2.05) is 36.4 Å². The number of carbonyl (C=O) groups is 2. The Hall–Kier alpha value is -1.89. The second-order valence-electron chi connectivity index (χ2n) is 8.49. The first kappa shape index (κ1) is 27.4. The smallest absolute Gasteiger partial charge is 0.302 e. The van der Waals surface area contributed by atoms with E-state index < -0.39 is 5.60 Å². The molecule has 0 bridgehead atoms. The van der Waals surface area contributed by atoms with Crippen molar-refractivity contribution in [2.45, 2.75) is 70.3 Å². The van der Waals surface area contributed by atoms with Crippen molar-refractivity contribution in [3.05, 3.63) is 58.5 Å². The van der Waals surface area contributed by atoms with Crippen molar-refractivity contribution in [1.29, 1.82) is 0 Å². The summed E-state index contributed by atoms with van der Waals surface area (Å²) in [5.41, 5.74) is 0.152. The number of ketones is 1. The molecule has 0 fully saturated rings. The Labute approximate surface area is 202 Å². The molecule has 0 aliphatic heterocycles. The van der Waals surface area contributed by atoms with Crippen LogP contribution in [-0.4, -0.2) is 48.5 Å². The molecule has 6 heteroatoms. The highest BCUT2D eigenvalue weighted by molar-refractivity contribution is 8.04. The van der Waals surface area contributed by atoms with Crippen LogP contribution in [0, 0.1) is 0 Å². The van der Waals surface area contributed by atoms with Crippen LogP contribution in [0.2, 0.25) is 0 Å². The van der Waals surface area contributed by atoms with Gasteiger partial charge in [-0.2, -0.15) is 0 Å². The highest BCUT2D eigenvalue weighted by Gasteiger charge is 2.41. The van der Waals surface area contributed by atoms with E-state index in [1.165, 1.54) is 44.4 Å². The fourth-order valence-corrected chi connectivity index (χ4v) is 4.88. The number of hydrogen-bond donors (Lipinski definition) is 1. The van der Waals surface area contributed by atoms with E-state index in [1.54, 1.807) is 13.2 Å². The van der Waals surface area contributed by atoms with Crippen LogP contribution in [0.25, 0.3) is 0 Å². The third-order valence-corrected chi connectivity index (χ3v) is 6.65. The van der Waals surface area contributed by atoms with E-state index in [0.29, 0.717) is 22.7 Å². The van der Waals surface area contributed by atoms with Gasteiger partial charge in [-0.25, -0.2) is 0 Å². The molecular weight excluding hydrogens is 436 g/mol. The first-order valence-corrected chi connectivity index (χ1v) is 12.9. The lowest BCUT2D eigenvalue weighted by atomic mass is 9.88. The Morgan fingerprint density at radius 2 is 1.70 bits per heavy atom. The fourth-order valence-electron chi connectivity index (χ4n) is 3.98. The van der Waals surface area contributed by atoms with Gasteiger partial charge >= 0.3 is 5.97 Å². The summed E-state index contributed by atoms with van der Waals surface area (Å²) in [4.78, 5) is 24.6. The van der Waals surface area contributed by atoms with Crippen molar-refractivity contribution >= 4 is 23.5 Å². The topological polar surface area (TPSA) is 72.8 Å². The van der Waals surface area contributed by atoms with Crippen molar-refractivity contribution in [3.8, 4) is 0 Å². The van der Waals surface area contributed by atoms with E-state index in [4.69, 9.17) is 9.47 Å². The fraction of sp³-hybridized carbons (Fsp3) is 0.556. The number of methoxy groups -OCH3 is 1. The summed E-state index contributed by atoms with van der Waals surface area (Å²) in [6, 6.07) is 9.74. The van der Waals surface area contributed by atoms with E-state index >= 15 is 0 Å². The van der Waals surface area contributed by atoms with Crippen LogP contribution < -0.4 is 0 Å². The Kier molecular flexibility index (Phi) is 12.5. The van der Waals surface area contributed by atoms with Crippen molar-refractivity contribution in [3.63, 3.8) is 0 Å². The van der Waals surface area contributed by atoms with E-state index in [2.05, 4.69) is 0 Å². The lowest BCUT2D eigenvalue weighted by Crippen LogP contribution is -2.30. The Bertz CT molecular complexity index is 802. The molecule has 1 aliphatic rings. The Balaban J connectivity index is 1.92. The molecule has 0 saturated carbocycles. The SMILES string of the molecule is COCCCCCCCCC/C=C1\C(=O)C(SCCOC(C)=O)=CC1(O)Cc1ccccc1. The predicted octanol–water partition coefficient (Wildman–Crippen LogP) is 5.42. The Morgan fingerprint density at radius 3 is 2.36 bits per heavy atom. The zero-order valence-electron chi connectivity index (χ0n) is 20.0. The minimum absolute atomic E-state index is 0.112. The molecule has 33 heavy (non-hydrogen) atoms. The molecule has 0 aromatic heterocycles. The summed E-state index contributed by atoms with van der Waals surface area (Å²) in [6.07, 6.45) is 12.9. The number of allylic oxidation sites excluding steroid dienone is 2. The maximum Gasteiger partial charge on any atom is 0.302 e. The minimum atomic E-state index is -1.30. The number of thioether (sulfide) groups is 1. The van der Waals surface area contributed by atoms with Crippen LogP contribution in [0.4, 0.5) is 0 Å². The van der Waals surface area contributed by atoms with Gasteiger partial charge in [-0.05, 0) is 30.9 Å². The van der Waals surface area contributed by atoms with Gasteiger partial charge in [0, 0.05) is 38.4 Å². The third kappa shape index (κ3) is 9.86. The molecule has 1 N–H and O–H groups in total. The molecule has 1 aromatic carbocycles. The van der Waals surface area contributed by atoms with Gasteiger partial charge in [-0.15, -0.1) is 11.8 Å². The first-order valence-electron chi connectivity index (χ1n) is 12.0. The standard InChI is InChI=1S/C27H38O5S/c1-22(28)32-18-19-33-25-21-27(30,20-23-14-10-9-11-15-23)24(26(25)29)16-12-7-5-3-4-6-8-13-17-31-2/h9-11,14-16,21,30H,3-8,12-13,17-20H2,1-2H3/b24-16+. The number of carbonyl (C=O) groups excluding carboxylic acids is 2. The van der Waals surface area contributed by atoms with Crippen molar-refractivity contribution in [2.24, 2.45) is 0 Å². The van der Waals surface area contributed by atoms with Crippen LogP contribution in [0.15, 0.2) is 53.0 Å². The van der Waals surface area contributed by atoms with Gasteiger partial charge in [-0.1, -0.05) is 68.5 Å². The largest absolute Gasteiger partial charge is 0.465 e. The van der Waals surface area contributed by atoms with Gasteiger partial charge in [0.25, 0.3) is 0 Å². The molecular formula is C27H38O5S. The predicted molar refractivity (Wildman–Crippen MR) is 134 cm³/mol. The lowest BCUT2D eigenvalue weighted by Gasteiger charge is -2.22. The monoisotopic (exact) mass is 474 g/mol. The molecule has 0 saturated heterocycles. The number of hydrogen-bond acceptors (Lipinski definition) is 6. The molecule has 0 amide bonds. The average Bonchev–Trinajstić information content (AvgIpc) is 3.02. The van der Waals surface area contributed by atoms with Gasteiger partial charge in [0.1, 0.15) is 12.2 Å². The van der Waals surface area contributed by atoms with Crippen LogP contribution >= 0.6 is 11.8 Å². The minimum Gasteiger partial charge on any atom is -0.465 e. The average molecular weight is 475 g/mol. The summed E-state index contributed by atoms with van der Waals surface area (Å²) >= 11 is 1.33. The molecule has 5 nitrogen and oxygen atoms in total. The Morgan fingerprint density at radius 1 is 1.03 bits per heavy atom. The number of Topliss-reactive ketones (excluding diaryl/α,β-unsaturated/α-hetero) is 1. The van der Waals surface area contributed by atoms with Gasteiger partial charge in [0.05, 0.1) is 4.91 Å². The molecule has 0 radical (unpaired) electrons. The van der Waals surface area contributed by atoms with Gasteiger partial charge in [0.2, 0.25) is 0 Å². The number of aliphatic hydroxyl groups is 1. The van der Waals surface area contributed by atoms with E-state index in [0.717, 1.165) is 37.9 Å². The van der Waals surface area contributed by atoms with Gasteiger partial charge in [-0.3, -0.25) is 9.59 Å². The number of esters is 1. The van der Waals surface area contributed by atoms with Gasteiger partial charge < -0.3 is 14.6 Å². The third-order valence-electron chi connectivity index (χ3n) is 5.67. The normalized spacial score (nSPS) is 19.2. The van der Waals surface area contributed by atoms with E-state index in [-0.39, 0.29) is 18.4 Å². The second-order valence-corrected chi connectivity index (χ2v) is 9.62. The summed E-state index contributed by atoms with van der Waals surface area (Å²) in [7, 11) is 1.74. The first-order chi connectivity index (χ1) is 16.0. The molecule has 1 atom stereocenters. The molecule has 1 aromatic rings. The summed E-state index contributed by atoms with van der Waals surface area (Å²) in [6.45, 7) is 2.45. The van der Waals surface area contributed by atoms with Crippen molar-refractivity contribution in [1.82, 2.24) is 0 Å². The number of unbranched alkanes of at least 4 members (excludes halogenated alkanes) is 7. The quantitative estimate of drug-likeness (QED) is 0.196. The number of ether oxygens (including phenoxy) is 2. The van der Waals surface area contributed by atoms with Crippen LogP contribution in [-0.2, 0) is 25.5 Å². The molecule has 182 valence electrons. The summed E-state index contributed by atoms with van der Waals surface area (Å²) < 4.78 is 10.0. The lowest BCUT2D eigenvalue weighted by molar-refractivity contribution is -0.140. The molecule has 0 heterocycles. The zero-order valence-corrected chi connectivity index (χ0v) is 20.8. The summed E-state index contributed by atoms with van der Waals surface area (Å²) in [5.74, 6) is 0.0360. The van der Waals surface area contributed by atoms with Crippen LogP contribution in [0.1, 0.15) is 63.9 Å². The highest BCUT2D eigenvalue weighted by atomic mass is 32.2. The van der Waals surface area contributed by atoms with Crippen LogP contribution in [0.3, 0.4) is 0 Å². The molecule has 1 unspecified atom stereocenters. The maximum absolute atomic E-state index is 13.1. The maximum atomic E-state index is 13.1. The molecule has 0 spiro atoms. The number of rotatable bonds is 16. The number of benzene rings is 1. The van der Waals surface area contributed by atoms with E-state index in [9.17, 15) is 14.7 Å². The molecule has 2 rings (SSSR count). The second kappa shape index (κ2) is 15.1. The van der Waals surface area contributed by atoms with Crippen molar-refractivity contribution < 1.29 is 24.2 Å². The molecule has 1 aliphatic carbocycles. The van der Waals surface area contributed by atoms with Crippen molar-refractivity contribution in [2.75, 3.05) is 26.1 Å². The zero-order chi connectivity index (χ0) is 23.9. The van der Waals surface area contributed by atoms with Gasteiger partial charge in [0.15, 0.2) is 5.78 Å².